The Kier molecular flexibility index (Phi) is 28.2. The molecule has 0 spiro atoms. The first kappa shape index (κ1) is 67.4. The molecule has 0 bridgehead atoms. The number of aliphatic hydroxyl groups excluding tert-OH is 1. The maximum absolute atomic E-state index is 11.3. The van der Waals surface area contributed by atoms with Gasteiger partial charge in [0, 0.05) is 50.0 Å². The molecule has 0 unspecified atom stereocenters. The van der Waals surface area contributed by atoms with Crippen molar-refractivity contribution in [2.24, 2.45) is 5.73 Å². The summed E-state index contributed by atoms with van der Waals surface area (Å²) in [4.78, 5) is 13.7. The molecule has 4 aromatic rings. The molecule has 4 aliphatic carbocycles. The number of ketones is 1. The quantitative estimate of drug-likeness (QED) is 0.128. The molecule has 17 heteroatoms. The Morgan fingerprint density at radius 1 is 0.539 bits per heavy atom. The van der Waals surface area contributed by atoms with Gasteiger partial charge in [0.1, 0.15) is 5.78 Å². The highest BCUT2D eigenvalue weighted by Gasteiger charge is 2.40. The van der Waals surface area contributed by atoms with E-state index in [2.05, 4.69) is 53.8 Å². The molecule has 0 radical (unpaired) electrons. The van der Waals surface area contributed by atoms with Gasteiger partial charge in [-0.25, -0.2) is 0 Å². The molecule has 76 heavy (non-hydrogen) atoms. The Morgan fingerprint density at radius 2 is 0.842 bits per heavy atom. The molecule has 9 nitrogen and oxygen atoms in total. The minimum atomic E-state index is -0.581. The Hall–Kier alpha value is -2.86. The van der Waals surface area contributed by atoms with Gasteiger partial charge in [0.25, 0.3) is 0 Å². The smallest absolute Gasteiger partial charge is 0.133 e. The summed E-state index contributed by atoms with van der Waals surface area (Å²) >= 11 is 48.0. The zero-order valence-electron chi connectivity index (χ0n) is 43.6. The van der Waals surface area contributed by atoms with Gasteiger partial charge in [-0.2, -0.15) is 15.8 Å². The molecular formula is C59H75Cl8N7O2. The van der Waals surface area contributed by atoms with Crippen LogP contribution >= 0.6 is 92.8 Å². The summed E-state index contributed by atoms with van der Waals surface area (Å²) < 4.78 is 0. The number of hydrogen-bond donors (Lipinski definition) is 4. The van der Waals surface area contributed by atoms with Gasteiger partial charge in [0.15, 0.2) is 0 Å². The Labute approximate surface area is 493 Å². The van der Waals surface area contributed by atoms with Crippen molar-refractivity contribution in [1.29, 1.82) is 15.8 Å². The SMILES string of the molecule is C.CCN(C)C1CCC(CN)(c2ccc(Cl)c(Cl)c2)CC1.CNC1CCC(C#N)(c2ccc(Cl)c(Cl)c2)CC1.CNC1CCC(C#N)(c2ccc(Cl)c(Cl)c2)CC1.CO.N#CC1(c2ccc(Cl)c(Cl)c2)CCC(=O)CC1. The normalized spacial score (nSPS) is 24.5. The van der Waals surface area contributed by atoms with E-state index in [1.165, 1.54) is 18.4 Å². The Balaban J connectivity index is 0.000000263. The van der Waals surface area contributed by atoms with Crippen LogP contribution in [-0.4, -0.2) is 75.3 Å². The van der Waals surface area contributed by atoms with E-state index in [1.54, 1.807) is 24.3 Å². The molecule has 0 aliphatic heterocycles. The second kappa shape index (κ2) is 31.8. The number of nitriles is 3. The standard InChI is InChI=1S/C16H24Cl2N2.2C14H16Cl2N2.C13H11Cl2NO.CH4O.CH4/c1-3-20(2)13-6-8-16(11-19,9-7-13)12-4-5-14(17)15(18)10-12;2*1-18-11-4-6-14(9-17,7-5-11)10-2-3-12(15)13(16)8-10;14-11-2-1-9(7-12(11)15)13(8-16)5-3-10(17)4-6-13;1-2;/h4-5,10,13H,3,6-9,11,19H2,1-2H3;2*2-3,8,11,18H,4-7H2,1H3;1-2,7H,3-6H2;2H,1H3;1H4. The summed E-state index contributed by atoms with van der Waals surface area (Å²) in [5.41, 5.74) is 8.90. The fourth-order valence-corrected chi connectivity index (χ4v) is 12.0. The van der Waals surface area contributed by atoms with Crippen molar-refractivity contribution in [2.75, 3.05) is 41.3 Å². The topological polar surface area (TPSA) is 162 Å². The van der Waals surface area contributed by atoms with Gasteiger partial charge in [-0.1, -0.05) is 131 Å². The molecule has 4 aliphatic rings. The van der Waals surface area contributed by atoms with Crippen molar-refractivity contribution in [3.8, 4) is 18.2 Å². The van der Waals surface area contributed by atoms with E-state index in [9.17, 15) is 20.6 Å². The van der Waals surface area contributed by atoms with Crippen molar-refractivity contribution >= 4 is 98.6 Å². The van der Waals surface area contributed by atoms with Gasteiger partial charge < -0.3 is 26.4 Å². The minimum absolute atomic E-state index is 0. The lowest BCUT2D eigenvalue weighted by molar-refractivity contribution is -0.120. The summed E-state index contributed by atoms with van der Waals surface area (Å²) in [7, 11) is 7.16. The molecule has 0 saturated heterocycles. The lowest BCUT2D eigenvalue weighted by Gasteiger charge is -2.42. The van der Waals surface area contributed by atoms with Gasteiger partial charge >= 0.3 is 0 Å². The average molecular weight is 1200 g/mol. The van der Waals surface area contributed by atoms with Crippen LogP contribution in [0.5, 0.6) is 0 Å². The third-order valence-corrected chi connectivity index (χ3v) is 19.1. The van der Waals surface area contributed by atoms with Gasteiger partial charge in [0.05, 0.1) is 74.6 Å². The van der Waals surface area contributed by atoms with Crippen LogP contribution < -0.4 is 16.4 Å². The second-order valence-electron chi connectivity index (χ2n) is 20.1. The molecular weight excluding hydrogens is 1120 g/mol. The first-order chi connectivity index (χ1) is 35.8. The average Bonchev–Trinajstić information content (AvgIpc) is 3.45. The number of nitrogens with one attached hydrogen (secondary N) is 2. The van der Waals surface area contributed by atoms with Crippen molar-refractivity contribution in [3.63, 3.8) is 0 Å². The third kappa shape index (κ3) is 17.1. The summed E-state index contributed by atoms with van der Waals surface area (Å²) in [5.74, 6) is 0.232. The van der Waals surface area contributed by atoms with Crippen LogP contribution in [0.2, 0.25) is 40.2 Å². The maximum Gasteiger partial charge on any atom is 0.133 e. The van der Waals surface area contributed by atoms with Crippen LogP contribution in [0.3, 0.4) is 0 Å². The van der Waals surface area contributed by atoms with Crippen LogP contribution in [0.1, 0.15) is 139 Å². The fraction of sp³-hybridized carbons (Fsp3) is 0.525. The van der Waals surface area contributed by atoms with Gasteiger partial charge in [-0.15, -0.1) is 0 Å². The van der Waals surface area contributed by atoms with Crippen molar-refractivity contribution in [1.82, 2.24) is 15.5 Å². The summed E-state index contributed by atoms with van der Waals surface area (Å²) in [6.45, 7) is 3.99. The van der Waals surface area contributed by atoms with Crippen LogP contribution in [0, 0.1) is 34.0 Å². The monoisotopic (exact) mass is 1190 g/mol. The number of rotatable bonds is 9. The Bertz CT molecular complexity index is 2530. The highest BCUT2D eigenvalue weighted by atomic mass is 35.5. The lowest BCUT2D eigenvalue weighted by atomic mass is 9.68. The van der Waals surface area contributed by atoms with Crippen LogP contribution in [0.25, 0.3) is 0 Å². The highest BCUT2D eigenvalue weighted by Crippen LogP contribution is 2.45. The summed E-state index contributed by atoms with van der Waals surface area (Å²) in [6, 6.07) is 31.4. The van der Waals surface area contributed by atoms with E-state index in [0.29, 0.717) is 90.5 Å². The molecule has 4 saturated carbocycles. The van der Waals surface area contributed by atoms with Crippen LogP contribution in [0.15, 0.2) is 72.8 Å². The molecule has 5 N–H and O–H groups in total. The largest absolute Gasteiger partial charge is 0.400 e. The van der Waals surface area contributed by atoms with E-state index in [-0.39, 0.29) is 18.6 Å². The van der Waals surface area contributed by atoms with Crippen molar-refractivity contribution in [3.05, 3.63) is 135 Å². The molecule has 414 valence electrons. The van der Waals surface area contributed by atoms with E-state index in [0.717, 1.165) is 94.6 Å². The lowest BCUT2D eigenvalue weighted by Crippen LogP contribution is -2.44. The van der Waals surface area contributed by atoms with Crippen molar-refractivity contribution < 1.29 is 9.90 Å². The zero-order valence-corrected chi connectivity index (χ0v) is 49.7. The number of Topliss-reactive ketones (excluding diaryl/α,β-unsaturated/α-hetero) is 1. The van der Waals surface area contributed by atoms with Crippen LogP contribution in [-0.2, 0) is 26.5 Å². The molecule has 0 aromatic heterocycles. The molecule has 8 rings (SSSR count). The third-order valence-electron chi connectivity index (χ3n) is 16.2. The van der Waals surface area contributed by atoms with E-state index in [4.69, 9.17) is 104 Å². The molecule has 0 amide bonds. The number of benzene rings is 4. The minimum Gasteiger partial charge on any atom is -0.400 e. The maximum atomic E-state index is 11.3. The summed E-state index contributed by atoms with van der Waals surface area (Å²) in [6.07, 6.45) is 14.3. The van der Waals surface area contributed by atoms with Crippen LogP contribution in [0.4, 0.5) is 0 Å². The highest BCUT2D eigenvalue weighted by molar-refractivity contribution is 6.43. The molecule has 0 heterocycles. The predicted molar refractivity (Wildman–Crippen MR) is 320 cm³/mol. The predicted octanol–water partition coefficient (Wildman–Crippen LogP) is 16.1. The summed E-state index contributed by atoms with van der Waals surface area (Å²) in [5, 5.41) is 46.4. The van der Waals surface area contributed by atoms with E-state index in [1.807, 2.05) is 56.6 Å². The van der Waals surface area contributed by atoms with Crippen molar-refractivity contribution in [2.45, 2.75) is 157 Å². The number of halogens is 8. The molecule has 4 fully saturated rings. The number of carbonyl (C=O) groups is 1. The Morgan fingerprint density at radius 3 is 1.12 bits per heavy atom. The van der Waals surface area contributed by atoms with E-state index >= 15 is 0 Å². The number of aliphatic hydroxyl groups is 1. The van der Waals surface area contributed by atoms with Gasteiger partial charge in [-0.3, -0.25) is 4.79 Å². The second-order valence-corrected chi connectivity index (χ2v) is 23.3. The number of hydrogen-bond acceptors (Lipinski definition) is 9. The molecule has 0 atom stereocenters. The van der Waals surface area contributed by atoms with Gasteiger partial charge in [-0.05, 0) is 188 Å². The van der Waals surface area contributed by atoms with E-state index < -0.39 is 16.2 Å². The fourth-order valence-electron chi connectivity index (χ4n) is 10.8. The van der Waals surface area contributed by atoms with Gasteiger partial charge in [0.2, 0.25) is 0 Å². The first-order valence-electron chi connectivity index (χ1n) is 25.6. The number of carbonyl (C=O) groups excluding carboxylic acids is 1. The number of nitrogens with two attached hydrogens (primary N) is 1. The molecule has 4 aromatic carbocycles. The number of nitrogens with zero attached hydrogens (tertiary/aromatic N) is 4. The zero-order chi connectivity index (χ0) is 55.6. The first-order valence-corrected chi connectivity index (χ1v) is 28.6.